The number of hydrogen-bond acceptors (Lipinski definition) is 5. The summed E-state index contributed by atoms with van der Waals surface area (Å²) in [4.78, 5) is 13.0. The van der Waals surface area contributed by atoms with Crippen LogP contribution in [-0.4, -0.2) is 42.1 Å². The van der Waals surface area contributed by atoms with Gasteiger partial charge in [-0.25, -0.2) is 0 Å². The van der Waals surface area contributed by atoms with Crippen LogP contribution in [0.5, 0.6) is 5.75 Å². The third-order valence-electron chi connectivity index (χ3n) is 4.01. The van der Waals surface area contributed by atoms with Crippen LogP contribution in [0.2, 0.25) is 0 Å². The fourth-order valence-electron chi connectivity index (χ4n) is 2.70. The molecule has 1 N–H and O–H groups in total. The Kier molecular flexibility index (Phi) is 5.01. The molecule has 6 heteroatoms. The quantitative estimate of drug-likeness (QED) is 0.668. The molecule has 6 nitrogen and oxygen atoms in total. The lowest BCUT2D eigenvalue weighted by molar-refractivity contribution is -0.384. The first kappa shape index (κ1) is 15.6. The van der Waals surface area contributed by atoms with Crippen molar-refractivity contribution in [3.8, 4) is 5.75 Å². The minimum Gasteiger partial charge on any atom is -0.495 e. The molecule has 116 valence electrons. The van der Waals surface area contributed by atoms with Crippen molar-refractivity contribution in [2.24, 2.45) is 0 Å². The van der Waals surface area contributed by atoms with Crippen molar-refractivity contribution in [3.63, 3.8) is 0 Å². The maximum atomic E-state index is 10.9. The highest BCUT2D eigenvalue weighted by atomic mass is 16.6. The lowest BCUT2D eigenvalue weighted by Gasteiger charge is -2.35. The average molecular weight is 293 g/mol. The van der Waals surface area contributed by atoms with Gasteiger partial charge in [0.25, 0.3) is 5.69 Å². The van der Waals surface area contributed by atoms with Gasteiger partial charge < -0.3 is 15.0 Å². The van der Waals surface area contributed by atoms with Crippen LogP contribution in [0.3, 0.4) is 0 Å². The average Bonchev–Trinajstić information content (AvgIpc) is 2.47. The molecule has 0 saturated carbocycles. The number of nitrogens with zero attached hydrogens (tertiary/aromatic N) is 2. The molecular weight excluding hydrogens is 270 g/mol. The van der Waals surface area contributed by atoms with E-state index in [9.17, 15) is 10.1 Å². The van der Waals surface area contributed by atoms with Crippen LogP contribution in [0.1, 0.15) is 26.7 Å². The predicted molar refractivity (Wildman–Crippen MR) is 83.0 cm³/mol. The minimum atomic E-state index is -0.383. The maximum absolute atomic E-state index is 10.9. The molecule has 1 aromatic carbocycles. The van der Waals surface area contributed by atoms with Gasteiger partial charge in [-0.15, -0.1) is 0 Å². The molecule has 0 amide bonds. The molecule has 1 heterocycles. The van der Waals surface area contributed by atoms with Gasteiger partial charge in [-0.1, -0.05) is 0 Å². The summed E-state index contributed by atoms with van der Waals surface area (Å²) in [6, 6.07) is 5.55. The van der Waals surface area contributed by atoms with Crippen molar-refractivity contribution in [1.82, 2.24) is 4.90 Å². The number of piperidine rings is 1. The maximum Gasteiger partial charge on any atom is 0.271 e. The number of benzene rings is 1. The normalized spacial score (nSPS) is 17.0. The molecule has 0 radical (unpaired) electrons. The van der Waals surface area contributed by atoms with Gasteiger partial charge in [0.15, 0.2) is 0 Å². The van der Waals surface area contributed by atoms with Gasteiger partial charge in [0, 0.05) is 37.3 Å². The van der Waals surface area contributed by atoms with E-state index in [-0.39, 0.29) is 10.6 Å². The molecule has 2 rings (SSSR count). The Morgan fingerprint density at radius 3 is 2.57 bits per heavy atom. The highest BCUT2D eigenvalue weighted by molar-refractivity contribution is 5.62. The number of nitrogens with one attached hydrogen (secondary N) is 1. The molecule has 1 aliphatic heterocycles. The van der Waals surface area contributed by atoms with E-state index in [2.05, 4.69) is 24.1 Å². The number of nitro benzene ring substituents is 1. The van der Waals surface area contributed by atoms with Crippen molar-refractivity contribution >= 4 is 11.4 Å². The van der Waals surface area contributed by atoms with Crippen LogP contribution in [0.4, 0.5) is 11.4 Å². The predicted octanol–water partition coefficient (Wildman–Crippen LogP) is 2.89. The van der Waals surface area contributed by atoms with Gasteiger partial charge in [0.1, 0.15) is 5.75 Å². The van der Waals surface area contributed by atoms with Gasteiger partial charge in [0.05, 0.1) is 17.7 Å². The van der Waals surface area contributed by atoms with E-state index < -0.39 is 0 Å². The molecule has 0 unspecified atom stereocenters. The van der Waals surface area contributed by atoms with Crippen molar-refractivity contribution in [2.75, 3.05) is 25.5 Å². The largest absolute Gasteiger partial charge is 0.495 e. The molecule has 0 aromatic heterocycles. The number of likely N-dealkylation sites (tertiary alicyclic amines) is 1. The Labute approximate surface area is 125 Å². The molecule has 0 aliphatic carbocycles. The number of anilines is 1. The second kappa shape index (κ2) is 6.76. The van der Waals surface area contributed by atoms with Gasteiger partial charge in [0.2, 0.25) is 0 Å². The topological polar surface area (TPSA) is 67.6 Å². The molecule has 1 aliphatic rings. The second-order valence-corrected chi connectivity index (χ2v) is 5.69. The first-order valence-corrected chi connectivity index (χ1v) is 7.34. The summed E-state index contributed by atoms with van der Waals surface area (Å²) in [5.41, 5.74) is 0.785. The zero-order chi connectivity index (χ0) is 15.4. The van der Waals surface area contributed by atoms with Gasteiger partial charge in [-0.05, 0) is 32.8 Å². The van der Waals surface area contributed by atoms with E-state index in [1.54, 1.807) is 19.2 Å². The van der Waals surface area contributed by atoms with Gasteiger partial charge in [-0.3, -0.25) is 10.1 Å². The second-order valence-electron chi connectivity index (χ2n) is 5.69. The van der Waals surface area contributed by atoms with E-state index >= 15 is 0 Å². The molecule has 0 spiro atoms. The number of nitro groups is 1. The first-order valence-electron chi connectivity index (χ1n) is 7.34. The van der Waals surface area contributed by atoms with Crippen LogP contribution in [0.25, 0.3) is 0 Å². The van der Waals surface area contributed by atoms with Crippen molar-refractivity contribution in [2.45, 2.75) is 38.8 Å². The molecule has 21 heavy (non-hydrogen) atoms. The number of hydrogen-bond donors (Lipinski definition) is 1. The van der Waals surface area contributed by atoms with E-state index in [0.29, 0.717) is 23.5 Å². The number of ether oxygens (including phenoxy) is 1. The Balaban J connectivity index is 2.05. The van der Waals surface area contributed by atoms with Crippen LogP contribution in [0, 0.1) is 10.1 Å². The van der Waals surface area contributed by atoms with E-state index in [0.717, 1.165) is 25.9 Å². The Morgan fingerprint density at radius 1 is 1.38 bits per heavy atom. The summed E-state index contributed by atoms with van der Waals surface area (Å²) in [5, 5.41) is 14.3. The minimum absolute atomic E-state index is 0.0814. The number of methoxy groups -OCH3 is 1. The summed E-state index contributed by atoms with van der Waals surface area (Å²) in [6.45, 7) is 6.51. The van der Waals surface area contributed by atoms with Crippen LogP contribution >= 0.6 is 0 Å². The Bertz CT molecular complexity index is 497. The summed E-state index contributed by atoms with van der Waals surface area (Å²) < 4.78 is 5.29. The highest BCUT2D eigenvalue weighted by Crippen LogP contribution is 2.30. The summed E-state index contributed by atoms with van der Waals surface area (Å²) in [5.74, 6) is 0.645. The third-order valence-corrected chi connectivity index (χ3v) is 4.01. The fraction of sp³-hybridized carbons (Fsp3) is 0.600. The van der Waals surface area contributed by atoms with Crippen LogP contribution in [-0.2, 0) is 0 Å². The standard InChI is InChI=1S/C15H23N3O3/c1-11(2)17-8-6-12(7-9-17)16-14-10-13(18(19)20)4-5-15(14)21-3/h4-5,10-12,16H,6-9H2,1-3H3. The Morgan fingerprint density at radius 2 is 2.05 bits per heavy atom. The molecule has 0 bridgehead atoms. The molecule has 1 saturated heterocycles. The fourth-order valence-corrected chi connectivity index (χ4v) is 2.70. The van der Waals surface area contributed by atoms with Crippen molar-refractivity contribution in [1.29, 1.82) is 0 Å². The van der Waals surface area contributed by atoms with E-state index in [1.807, 2.05) is 0 Å². The molecule has 1 aromatic rings. The SMILES string of the molecule is COc1ccc([N+](=O)[O-])cc1NC1CCN(C(C)C)CC1. The number of non-ortho nitro benzene ring substituents is 1. The van der Waals surface area contributed by atoms with Crippen molar-refractivity contribution in [3.05, 3.63) is 28.3 Å². The summed E-state index contributed by atoms with van der Waals surface area (Å²) >= 11 is 0. The molecular formula is C15H23N3O3. The van der Waals surface area contributed by atoms with Crippen LogP contribution in [0.15, 0.2) is 18.2 Å². The smallest absolute Gasteiger partial charge is 0.271 e. The highest BCUT2D eigenvalue weighted by Gasteiger charge is 2.22. The van der Waals surface area contributed by atoms with Gasteiger partial charge >= 0.3 is 0 Å². The summed E-state index contributed by atoms with van der Waals surface area (Å²) in [7, 11) is 1.58. The molecule has 1 fully saturated rings. The van der Waals surface area contributed by atoms with E-state index in [1.165, 1.54) is 6.07 Å². The van der Waals surface area contributed by atoms with Crippen molar-refractivity contribution < 1.29 is 9.66 Å². The van der Waals surface area contributed by atoms with Gasteiger partial charge in [-0.2, -0.15) is 0 Å². The Hall–Kier alpha value is -1.82. The first-order chi connectivity index (χ1) is 10.0. The monoisotopic (exact) mass is 293 g/mol. The third kappa shape index (κ3) is 3.85. The zero-order valence-electron chi connectivity index (χ0n) is 12.8. The summed E-state index contributed by atoms with van der Waals surface area (Å²) in [6.07, 6.45) is 2.06. The molecule has 0 atom stereocenters. The number of rotatable bonds is 5. The lowest BCUT2D eigenvalue weighted by Crippen LogP contribution is -2.42. The lowest BCUT2D eigenvalue weighted by atomic mass is 10.0. The van der Waals surface area contributed by atoms with Crippen LogP contribution < -0.4 is 10.1 Å². The zero-order valence-corrected chi connectivity index (χ0v) is 12.8. The van der Waals surface area contributed by atoms with E-state index in [4.69, 9.17) is 4.74 Å².